The lowest BCUT2D eigenvalue weighted by Crippen LogP contribution is -2.47. The number of carbonyl (C=O) groups is 1. The number of guanidine groups is 1. The van der Waals surface area contributed by atoms with Gasteiger partial charge in [0.25, 0.3) is 0 Å². The number of rotatable bonds is 4. The molecule has 5 heteroatoms. The van der Waals surface area contributed by atoms with Crippen LogP contribution >= 0.6 is 0 Å². The van der Waals surface area contributed by atoms with Crippen LogP contribution in [0.3, 0.4) is 0 Å². The van der Waals surface area contributed by atoms with Crippen molar-refractivity contribution < 1.29 is 4.79 Å². The Morgan fingerprint density at radius 1 is 1.45 bits per heavy atom. The zero-order chi connectivity index (χ0) is 15.1. The summed E-state index contributed by atoms with van der Waals surface area (Å²) in [4.78, 5) is 20.1. The van der Waals surface area contributed by atoms with Crippen molar-refractivity contribution >= 4 is 11.9 Å². The van der Waals surface area contributed by atoms with E-state index < -0.39 is 0 Å². The van der Waals surface area contributed by atoms with Gasteiger partial charge in [0.15, 0.2) is 5.96 Å². The molecule has 0 radical (unpaired) electrons. The Balaban J connectivity index is 2.67. The molecule has 1 atom stereocenters. The van der Waals surface area contributed by atoms with Crippen molar-refractivity contribution in [2.45, 2.75) is 33.6 Å². The van der Waals surface area contributed by atoms with Crippen LogP contribution in [0.1, 0.15) is 33.6 Å². The maximum Gasteiger partial charge on any atom is 0.243 e. The third-order valence-corrected chi connectivity index (χ3v) is 3.49. The number of aliphatic imine (C=N–C) groups is 1. The molecule has 1 fully saturated rings. The highest BCUT2D eigenvalue weighted by atomic mass is 16.2. The maximum absolute atomic E-state index is 11.7. The number of hydrogen-bond donors (Lipinski definition) is 1. The highest BCUT2D eigenvalue weighted by molar-refractivity contribution is 5.84. The molecule has 0 aliphatic carbocycles. The summed E-state index contributed by atoms with van der Waals surface area (Å²) in [6.45, 7) is 9.79. The molecular formula is C15H30N4O. The Bertz CT molecular complexity index is 339. The van der Waals surface area contributed by atoms with Gasteiger partial charge < -0.3 is 15.1 Å². The lowest BCUT2D eigenvalue weighted by atomic mass is 10.0. The van der Waals surface area contributed by atoms with Crippen molar-refractivity contribution in [3.8, 4) is 0 Å². The third kappa shape index (κ3) is 5.80. The molecule has 116 valence electrons. The minimum atomic E-state index is 0.0407. The summed E-state index contributed by atoms with van der Waals surface area (Å²) >= 11 is 0. The second-order valence-electron chi connectivity index (χ2n) is 6.40. The zero-order valence-electron chi connectivity index (χ0n) is 13.6. The molecule has 1 aliphatic rings. The SMILES string of the molecule is CC(C)CNC(=NCC(=O)N(C)C)N1CCCC(C)C1. The minimum absolute atomic E-state index is 0.0407. The van der Waals surface area contributed by atoms with E-state index in [2.05, 4.69) is 36.0 Å². The van der Waals surface area contributed by atoms with E-state index in [4.69, 9.17) is 0 Å². The standard InChI is InChI=1S/C15H30N4O/c1-12(2)9-16-15(17-10-14(20)18(4)5)19-8-6-7-13(3)11-19/h12-13H,6-11H2,1-5H3,(H,16,17). The smallest absolute Gasteiger partial charge is 0.243 e. The van der Waals surface area contributed by atoms with Gasteiger partial charge in [-0.2, -0.15) is 0 Å². The molecule has 1 amide bonds. The molecule has 1 saturated heterocycles. The van der Waals surface area contributed by atoms with Crippen LogP contribution in [-0.2, 0) is 4.79 Å². The van der Waals surface area contributed by atoms with Gasteiger partial charge in [-0.1, -0.05) is 20.8 Å². The second kappa shape index (κ2) is 8.12. The first-order valence-corrected chi connectivity index (χ1v) is 7.63. The van der Waals surface area contributed by atoms with E-state index in [1.165, 1.54) is 12.8 Å². The van der Waals surface area contributed by atoms with Gasteiger partial charge in [-0.25, -0.2) is 4.99 Å². The Labute approximate surface area is 123 Å². The summed E-state index contributed by atoms with van der Waals surface area (Å²) in [6, 6.07) is 0. The van der Waals surface area contributed by atoms with Crippen LogP contribution < -0.4 is 5.32 Å². The van der Waals surface area contributed by atoms with Crippen LogP contribution in [0.4, 0.5) is 0 Å². The van der Waals surface area contributed by atoms with Gasteiger partial charge in [0.05, 0.1) is 0 Å². The molecule has 1 rings (SSSR count). The summed E-state index contributed by atoms with van der Waals surface area (Å²) in [5.74, 6) is 2.19. The van der Waals surface area contributed by atoms with Gasteiger partial charge in [0.1, 0.15) is 6.54 Å². The number of nitrogens with one attached hydrogen (secondary N) is 1. The number of likely N-dealkylation sites (tertiary alicyclic amines) is 1. The number of amides is 1. The molecule has 0 spiro atoms. The van der Waals surface area contributed by atoms with E-state index in [1.54, 1.807) is 19.0 Å². The van der Waals surface area contributed by atoms with Crippen molar-refractivity contribution in [1.82, 2.24) is 15.1 Å². The second-order valence-corrected chi connectivity index (χ2v) is 6.40. The molecule has 5 nitrogen and oxygen atoms in total. The van der Waals surface area contributed by atoms with Crippen LogP contribution in [0.2, 0.25) is 0 Å². The van der Waals surface area contributed by atoms with Gasteiger partial charge in [-0.15, -0.1) is 0 Å². The summed E-state index contributed by atoms with van der Waals surface area (Å²) in [5.41, 5.74) is 0. The number of piperidine rings is 1. The van der Waals surface area contributed by atoms with Crippen LogP contribution in [0, 0.1) is 11.8 Å². The monoisotopic (exact) mass is 282 g/mol. The Kier molecular flexibility index (Phi) is 6.82. The summed E-state index contributed by atoms with van der Waals surface area (Å²) in [5, 5.41) is 3.41. The molecule has 1 heterocycles. The van der Waals surface area contributed by atoms with E-state index in [0.717, 1.165) is 25.6 Å². The minimum Gasteiger partial charge on any atom is -0.356 e. The molecule has 1 unspecified atom stereocenters. The first-order valence-electron chi connectivity index (χ1n) is 7.63. The Hall–Kier alpha value is -1.26. The van der Waals surface area contributed by atoms with Crippen molar-refractivity contribution in [1.29, 1.82) is 0 Å². The topological polar surface area (TPSA) is 47.9 Å². The van der Waals surface area contributed by atoms with E-state index in [9.17, 15) is 4.79 Å². The summed E-state index contributed by atoms with van der Waals surface area (Å²) in [7, 11) is 3.53. The normalized spacial score (nSPS) is 20.2. The maximum atomic E-state index is 11.7. The predicted octanol–water partition coefficient (Wildman–Crippen LogP) is 1.41. The van der Waals surface area contributed by atoms with Gasteiger partial charge in [-0.05, 0) is 24.7 Å². The molecular weight excluding hydrogens is 252 g/mol. The first kappa shape index (κ1) is 16.8. The quantitative estimate of drug-likeness (QED) is 0.626. The largest absolute Gasteiger partial charge is 0.356 e. The van der Waals surface area contributed by atoms with E-state index >= 15 is 0 Å². The van der Waals surface area contributed by atoms with Gasteiger partial charge in [0.2, 0.25) is 5.91 Å². The Morgan fingerprint density at radius 3 is 2.70 bits per heavy atom. The number of nitrogens with zero attached hydrogens (tertiary/aromatic N) is 3. The van der Waals surface area contributed by atoms with Gasteiger partial charge in [0, 0.05) is 33.7 Å². The molecule has 0 aromatic heterocycles. The predicted molar refractivity (Wildman–Crippen MR) is 83.8 cm³/mol. The molecule has 1 N–H and O–H groups in total. The lowest BCUT2D eigenvalue weighted by molar-refractivity contribution is -0.127. The third-order valence-electron chi connectivity index (χ3n) is 3.49. The molecule has 1 aliphatic heterocycles. The highest BCUT2D eigenvalue weighted by Gasteiger charge is 2.19. The average molecular weight is 282 g/mol. The molecule has 20 heavy (non-hydrogen) atoms. The average Bonchev–Trinajstić information content (AvgIpc) is 2.37. The Morgan fingerprint density at radius 2 is 2.15 bits per heavy atom. The van der Waals surface area contributed by atoms with E-state index in [0.29, 0.717) is 11.8 Å². The number of carbonyl (C=O) groups excluding carboxylic acids is 1. The van der Waals surface area contributed by atoms with E-state index in [-0.39, 0.29) is 12.5 Å². The summed E-state index contributed by atoms with van der Waals surface area (Å²) < 4.78 is 0. The van der Waals surface area contributed by atoms with Crippen molar-refractivity contribution in [2.75, 3.05) is 40.3 Å². The number of likely N-dealkylation sites (N-methyl/N-ethyl adjacent to an activating group) is 1. The number of hydrogen-bond acceptors (Lipinski definition) is 2. The van der Waals surface area contributed by atoms with Crippen molar-refractivity contribution in [2.24, 2.45) is 16.8 Å². The first-order chi connectivity index (χ1) is 9.40. The van der Waals surface area contributed by atoms with Crippen LogP contribution in [0.15, 0.2) is 4.99 Å². The van der Waals surface area contributed by atoms with Crippen LogP contribution in [-0.4, -0.2) is 61.9 Å². The molecule has 0 aromatic carbocycles. The van der Waals surface area contributed by atoms with E-state index in [1.807, 2.05) is 0 Å². The zero-order valence-corrected chi connectivity index (χ0v) is 13.6. The fourth-order valence-electron chi connectivity index (χ4n) is 2.23. The van der Waals surface area contributed by atoms with Crippen molar-refractivity contribution in [3.63, 3.8) is 0 Å². The van der Waals surface area contributed by atoms with Crippen LogP contribution in [0.5, 0.6) is 0 Å². The van der Waals surface area contributed by atoms with Gasteiger partial charge in [-0.3, -0.25) is 4.79 Å². The molecule has 0 bridgehead atoms. The van der Waals surface area contributed by atoms with Crippen molar-refractivity contribution in [3.05, 3.63) is 0 Å². The highest BCUT2D eigenvalue weighted by Crippen LogP contribution is 2.15. The lowest BCUT2D eigenvalue weighted by Gasteiger charge is -2.34. The molecule has 0 aromatic rings. The fourth-order valence-corrected chi connectivity index (χ4v) is 2.23. The summed E-state index contributed by atoms with van der Waals surface area (Å²) in [6.07, 6.45) is 2.48. The van der Waals surface area contributed by atoms with Crippen LogP contribution in [0.25, 0.3) is 0 Å². The van der Waals surface area contributed by atoms with Gasteiger partial charge >= 0.3 is 0 Å². The fraction of sp³-hybridized carbons (Fsp3) is 0.867. The molecule has 0 saturated carbocycles.